The molecule has 2 rings (SSSR count). The van der Waals surface area contributed by atoms with Crippen LogP contribution in [-0.4, -0.2) is 41.7 Å². The van der Waals surface area contributed by atoms with Crippen LogP contribution in [0, 0.1) is 5.92 Å². The highest BCUT2D eigenvalue weighted by atomic mass is 19.4. The highest BCUT2D eigenvalue weighted by Crippen LogP contribution is 2.24. The molecule has 1 aliphatic heterocycles. The van der Waals surface area contributed by atoms with E-state index in [1.165, 1.54) is 12.1 Å². The average Bonchev–Trinajstić information content (AvgIpc) is 2.76. The SMILES string of the molecule is CC(C)[C@H]1NC(=O)N(CC(=O)Nc2ccc(OC(F)(F)F)cc2)C1=O. The van der Waals surface area contributed by atoms with Crippen LogP contribution in [0.4, 0.5) is 23.7 Å². The van der Waals surface area contributed by atoms with Crippen molar-refractivity contribution in [2.75, 3.05) is 11.9 Å². The number of ether oxygens (including phenoxy) is 1. The van der Waals surface area contributed by atoms with Gasteiger partial charge in [-0.05, 0) is 30.2 Å². The van der Waals surface area contributed by atoms with Crippen molar-refractivity contribution in [2.24, 2.45) is 5.92 Å². The maximum Gasteiger partial charge on any atom is 0.573 e. The fraction of sp³-hybridized carbons (Fsp3) is 0.400. The topological polar surface area (TPSA) is 87.7 Å². The lowest BCUT2D eigenvalue weighted by atomic mass is 10.1. The van der Waals surface area contributed by atoms with Crippen molar-refractivity contribution < 1.29 is 32.3 Å². The molecule has 10 heteroatoms. The summed E-state index contributed by atoms with van der Waals surface area (Å²) in [5, 5.41) is 4.88. The fourth-order valence-corrected chi connectivity index (χ4v) is 2.23. The summed E-state index contributed by atoms with van der Waals surface area (Å²) in [7, 11) is 0. The second-order valence-electron chi connectivity index (χ2n) is 5.72. The molecule has 7 nitrogen and oxygen atoms in total. The third-order valence-corrected chi connectivity index (χ3v) is 3.40. The number of amides is 4. The Balaban J connectivity index is 1.94. The number of urea groups is 1. The molecule has 1 heterocycles. The number of nitrogens with zero attached hydrogens (tertiary/aromatic N) is 1. The molecule has 136 valence electrons. The van der Waals surface area contributed by atoms with Crippen LogP contribution in [0.15, 0.2) is 24.3 Å². The van der Waals surface area contributed by atoms with Gasteiger partial charge in [-0.1, -0.05) is 13.8 Å². The van der Waals surface area contributed by atoms with Crippen molar-refractivity contribution in [3.63, 3.8) is 0 Å². The summed E-state index contributed by atoms with van der Waals surface area (Å²) < 4.78 is 39.9. The van der Waals surface area contributed by atoms with E-state index in [2.05, 4.69) is 15.4 Å². The number of carbonyl (C=O) groups is 3. The molecule has 0 bridgehead atoms. The quantitative estimate of drug-likeness (QED) is 0.788. The van der Waals surface area contributed by atoms with Gasteiger partial charge in [0.1, 0.15) is 18.3 Å². The first kappa shape index (κ1) is 18.6. The van der Waals surface area contributed by atoms with E-state index in [1.807, 2.05) is 0 Å². The minimum absolute atomic E-state index is 0.120. The lowest BCUT2D eigenvalue weighted by Crippen LogP contribution is -2.39. The largest absolute Gasteiger partial charge is 0.573 e. The Bertz CT molecular complexity index is 674. The van der Waals surface area contributed by atoms with Crippen LogP contribution >= 0.6 is 0 Å². The van der Waals surface area contributed by atoms with Crippen molar-refractivity contribution in [1.82, 2.24) is 10.2 Å². The maximum atomic E-state index is 12.1. The Morgan fingerprint density at radius 2 is 1.88 bits per heavy atom. The van der Waals surface area contributed by atoms with Gasteiger partial charge in [-0.15, -0.1) is 13.2 Å². The van der Waals surface area contributed by atoms with Gasteiger partial charge in [-0.3, -0.25) is 14.5 Å². The molecule has 1 fully saturated rings. The number of hydrogen-bond donors (Lipinski definition) is 2. The average molecular weight is 359 g/mol. The van der Waals surface area contributed by atoms with Crippen molar-refractivity contribution in [3.05, 3.63) is 24.3 Å². The van der Waals surface area contributed by atoms with Gasteiger partial charge in [-0.2, -0.15) is 0 Å². The third-order valence-electron chi connectivity index (χ3n) is 3.40. The summed E-state index contributed by atoms with van der Waals surface area (Å²) in [4.78, 5) is 36.6. The number of imide groups is 1. The van der Waals surface area contributed by atoms with E-state index in [0.717, 1.165) is 17.0 Å². The lowest BCUT2D eigenvalue weighted by molar-refractivity contribution is -0.274. The van der Waals surface area contributed by atoms with E-state index in [9.17, 15) is 27.6 Å². The molecule has 0 unspecified atom stereocenters. The van der Waals surface area contributed by atoms with Gasteiger partial charge in [0.05, 0.1) is 0 Å². The van der Waals surface area contributed by atoms with Gasteiger partial charge in [-0.25, -0.2) is 4.79 Å². The monoisotopic (exact) mass is 359 g/mol. The molecular formula is C15H16F3N3O4. The van der Waals surface area contributed by atoms with E-state index < -0.39 is 42.5 Å². The molecule has 2 N–H and O–H groups in total. The van der Waals surface area contributed by atoms with Crippen LogP contribution in [0.1, 0.15) is 13.8 Å². The number of anilines is 1. The minimum Gasteiger partial charge on any atom is -0.406 e. The summed E-state index contributed by atoms with van der Waals surface area (Å²) >= 11 is 0. The van der Waals surface area contributed by atoms with Gasteiger partial charge in [0.25, 0.3) is 5.91 Å². The summed E-state index contributed by atoms with van der Waals surface area (Å²) in [5.41, 5.74) is 0.201. The molecule has 4 amide bonds. The number of halogens is 3. The molecule has 0 aromatic heterocycles. The van der Waals surface area contributed by atoms with Crippen LogP contribution in [0.25, 0.3) is 0 Å². The molecule has 25 heavy (non-hydrogen) atoms. The molecule has 1 aliphatic rings. The number of alkyl halides is 3. The number of rotatable bonds is 5. The van der Waals surface area contributed by atoms with Crippen LogP contribution in [0.5, 0.6) is 5.75 Å². The van der Waals surface area contributed by atoms with Gasteiger partial charge in [0.15, 0.2) is 0 Å². The van der Waals surface area contributed by atoms with Crippen LogP contribution in [-0.2, 0) is 9.59 Å². The molecular weight excluding hydrogens is 343 g/mol. The number of hydrogen-bond acceptors (Lipinski definition) is 4. The first-order chi connectivity index (χ1) is 11.6. The van der Waals surface area contributed by atoms with Gasteiger partial charge < -0.3 is 15.4 Å². The Labute approximate surface area is 141 Å². The van der Waals surface area contributed by atoms with E-state index >= 15 is 0 Å². The van der Waals surface area contributed by atoms with Gasteiger partial charge in [0, 0.05) is 5.69 Å². The molecule has 1 saturated heterocycles. The second-order valence-corrected chi connectivity index (χ2v) is 5.72. The van der Waals surface area contributed by atoms with Crippen molar-refractivity contribution in [3.8, 4) is 5.75 Å². The first-order valence-corrected chi connectivity index (χ1v) is 7.34. The molecule has 1 aromatic rings. The zero-order valence-corrected chi connectivity index (χ0v) is 13.4. The summed E-state index contributed by atoms with van der Waals surface area (Å²) in [5.74, 6) is -1.70. The fourth-order valence-electron chi connectivity index (χ4n) is 2.23. The molecule has 0 saturated carbocycles. The zero-order valence-electron chi connectivity index (χ0n) is 13.4. The van der Waals surface area contributed by atoms with Crippen molar-refractivity contribution in [2.45, 2.75) is 26.3 Å². The maximum absolute atomic E-state index is 12.1. The highest BCUT2D eigenvalue weighted by molar-refractivity contribution is 6.08. The molecule has 1 atom stereocenters. The van der Waals surface area contributed by atoms with Crippen LogP contribution < -0.4 is 15.4 Å². The number of carbonyl (C=O) groups excluding carboxylic acids is 3. The minimum atomic E-state index is -4.80. The van der Waals surface area contributed by atoms with Gasteiger partial charge in [0.2, 0.25) is 5.91 Å². The van der Waals surface area contributed by atoms with Gasteiger partial charge >= 0.3 is 12.4 Å². The van der Waals surface area contributed by atoms with Crippen LogP contribution in [0.2, 0.25) is 0 Å². The van der Waals surface area contributed by atoms with E-state index in [4.69, 9.17) is 0 Å². The van der Waals surface area contributed by atoms with E-state index in [0.29, 0.717) is 0 Å². The predicted molar refractivity (Wildman–Crippen MR) is 80.6 cm³/mol. The highest BCUT2D eigenvalue weighted by Gasteiger charge is 2.40. The Morgan fingerprint density at radius 1 is 1.28 bits per heavy atom. The summed E-state index contributed by atoms with van der Waals surface area (Å²) in [6.45, 7) is 3.03. The zero-order chi connectivity index (χ0) is 18.8. The molecule has 0 spiro atoms. The third kappa shape index (κ3) is 4.85. The van der Waals surface area contributed by atoms with E-state index in [-0.39, 0.29) is 11.6 Å². The first-order valence-electron chi connectivity index (χ1n) is 7.34. The Hall–Kier alpha value is -2.78. The normalized spacial score (nSPS) is 17.7. The summed E-state index contributed by atoms with van der Waals surface area (Å²) in [6.07, 6.45) is -4.80. The Kier molecular flexibility index (Phi) is 5.19. The summed E-state index contributed by atoms with van der Waals surface area (Å²) in [6, 6.07) is 3.15. The molecule has 0 radical (unpaired) electrons. The van der Waals surface area contributed by atoms with Crippen molar-refractivity contribution in [1.29, 1.82) is 0 Å². The van der Waals surface area contributed by atoms with Crippen molar-refractivity contribution >= 4 is 23.5 Å². The molecule has 0 aliphatic carbocycles. The number of nitrogens with one attached hydrogen (secondary N) is 2. The predicted octanol–water partition coefficient (Wildman–Crippen LogP) is 2.10. The van der Waals surface area contributed by atoms with Crippen LogP contribution in [0.3, 0.4) is 0 Å². The second kappa shape index (κ2) is 6.99. The lowest BCUT2D eigenvalue weighted by Gasteiger charge is -2.14. The standard InChI is InChI=1S/C15H16F3N3O4/c1-8(2)12-13(23)21(14(24)20-12)7-11(22)19-9-3-5-10(6-4-9)25-15(16,17)18/h3-6,8,12H,7H2,1-2H3,(H,19,22)(H,20,24)/t12-/m1/s1. The van der Waals surface area contributed by atoms with E-state index in [1.54, 1.807) is 13.8 Å². The smallest absolute Gasteiger partial charge is 0.406 e. The number of benzene rings is 1. The molecule has 1 aromatic carbocycles. The Morgan fingerprint density at radius 3 is 2.36 bits per heavy atom.